The average Bonchev–Trinajstić information content (AvgIpc) is 2.70. The zero-order chi connectivity index (χ0) is 20.7. The van der Waals surface area contributed by atoms with E-state index in [4.69, 9.17) is 18.9 Å². The van der Waals surface area contributed by atoms with Crippen LogP contribution in [-0.4, -0.2) is 26.6 Å². The van der Waals surface area contributed by atoms with Crippen molar-refractivity contribution in [2.75, 3.05) is 26.6 Å². The van der Waals surface area contributed by atoms with Gasteiger partial charge in [-0.2, -0.15) is 0 Å². The number of hydrogen-bond acceptors (Lipinski definition) is 4. The second-order valence-corrected chi connectivity index (χ2v) is 7.51. The Kier molecular flexibility index (Phi) is 21.7. The molecule has 0 amide bonds. The molecule has 0 aromatic carbocycles. The molecule has 0 fully saturated rings. The predicted octanol–water partition coefficient (Wildman–Crippen LogP) is 7.72. The first-order valence-corrected chi connectivity index (χ1v) is 12.0. The maximum Gasteiger partial charge on any atom is 0.321 e. The quantitative estimate of drug-likeness (QED) is 0.106. The Morgan fingerprint density at radius 2 is 1.07 bits per heavy atom. The summed E-state index contributed by atoms with van der Waals surface area (Å²) in [5.74, 6) is 1.43. The monoisotopic (exact) mass is 400 g/mol. The van der Waals surface area contributed by atoms with Gasteiger partial charge in [0, 0.05) is 6.42 Å². The first-order valence-electron chi connectivity index (χ1n) is 12.0. The molecule has 0 saturated carbocycles. The molecular formula is C24H48O4. The third-order valence-corrected chi connectivity index (χ3v) is 4.66. The van der Waals surface area contributed by atoms with Gasteiger partial charge in [0.15, 0.2) is 12.6 Å². The van der Waals surface area contributed by atoms with Gasteiger partial charge in [0.2, 0.25) is 0 Å². The summed E-state index contributed by atoms with van der Waals surface area (Å²) >= 11 is 0. The van der Waals surface area contributed by atoms with Crippen LogP contribution in [0.1, 0.15) is 118 Å². The van der Waals surface area contributed by atoms with Crippen molar-refractivity contribution in [2.24, 2.45) is 0 Å². The van der Waals surface area contributed by atoms with Crippen LogP contribution in [0.5, 0.6) is 0 Å². The standard InChI is InChI=1S/C24H48O4/c1-5-9-13-16-20-26-23(18-15-11-7-3)24(27-21-17-14-10-6-2)28-22-25-19-12-8-4/h5-22H2,1-4H3. The Morgan fingerprint density at radius 3 is 1.68 bits per heavy atom. The van der Waals surface area contributed by atoms with Crippen molar-refractivity contribution in [2.45, 2.75) is 118 Å². The van der Waals surface area contributed by atoms with Gasteiger partial charge in [0.25, 0.3) is 0 Å². The fourth-order valence-electron chi connectivity index (χ4n) is 2.79. The van der Waals surface area contributed by atoms with Crippen LogP contribution in [0.15, 0.2) is 11.7 Å². The lowest BCUT2D eigenvalue weighted by Gasteiger charge is -2.18. The Bertz CT molecular complexity index is 325. The fourth-order valence-corrected chi connectivity index (χ4v) is 2.79. The highest BCUT2D eigenvalue weighted by Crippen LogP contribution is 2.19. The molecule has 0 bridgehead atoms. The van der Waals surface area contributed by atoms with E-state index in [1.54, 1.807) is 0 Å². The minimum atomic E-state index is 0.237. The average molecular weight is 401 g/mol. The Balaban J connectivity index is 4.74. The highest BCUT2D eigenvalue weighted by molar-refractivity contribution is 4.95. The first-order chi connectivity index (χ1) is 13.8. The maximum absolute atomic E-state index is 6.13. The predicted molar refractivity (Wildman–Crippen MR) is 118 cm³/mol. The number of unbranched alkanes of at least 4 members (excludes halogenated alkanes) is 9. The Hall–Kier alpha value is -0.900. The van der Waals surface area contributed by atoms with Gasteiger partial charge < -0.3 is 18.9 Å². The van der Waals surface area contributed by atoms with Gasteiger partial charge in [-0.05, 0) is 25.7 Å². The van der Waals surface area contributed by atoms with E-state index in [-0.39, 0.29) is 6.79 Å². The van der Waals surface area contributed by atoms with E-state index in [1.165, 1.54) is 51.4 Å². The molecule has 0 unspecified atom stereocenters. The summed E-state index contributed by atoms with van der Waals surface area (Å²) in [5, 5.41) is 0. The zero-order valence-electron chi connectivity index (χ0n) is 19.4. The summed E-state index contributed by atoms with van der Waals surface area (Å²) in [6.07, 6.45) is 16.1. The molecule has 0 aromatic heterocycles. The molecule has 4 heteroatoms. The molecule has 168 valence electrons. The van der Waals surface area contributed by atoms with Crippen LogP contribution in [0.4, 0.5) is 0 Å². The fraction of sp³-hybridized carbons (Fsp3) is 0.917. The van der Waals surface area contributed by atoms with Crippen LogP contribution in [0.25, 0.3) is 0 Å². The molecule has 0 aliphatic carbocycles. The lowest BCUT2D eigenvalue weighted by molar-refractivity contribution is -0.0844. The van der Waals surface area contributed by atoms with E-state index in [9.17, 15) is 0 Å². The van der Waals surface area contributed by atoms with Crippen molar-refractivity contribution in [1.82, 2.24) is 0 Å². The maximum atomic E-state index is 6.13. The molecule has 4 nitrogen and oxygen atoms in total. The zero-order valence-corrected chi connectivity index (χ0v) is 19.4. The number of rotatable bonds is 22. The third kappa shape index (κ3) is 17.2. The van der Waals surface area contributed by atoms with E-state index in [2.05, 4.69) is 27.7 Å². The molecule has 0 heterocycles. The minimum absolute atomic E-state index is 0.237. The van der Waals surface area contributed by atoms with Crippen molar-refractivity contribution in [3.8, 4) is 0 Å². The molecular weight excluding hydrogens is 352 g/mol. The van der Waals surface area contributed by atoms with Crippen LogP contribution < -0.4 is 0 Å². The van der Waals surface area contributed by atoms with E-state index in [0.717, 1.165) is 57.5 Å². The molecule has 0 radical (unpaired) electrons. The molecule has 0 aromatic rings. The molecule has 0 atom stereocenters. The number of allylic oxidation sites excluding steroid dienone is 1. The van der Waals surface area contributed by atoms with Crippen molar-refractivity contribution in [3.63, 3.8) is 0 Å². The van der Waals surface area contributed by atoms with Crippen LogP contribution in [0.3, 0.4) is 0 Å². The van der Waals surface area contributed by atoms with Crippen LogP contribution in [0.2, 0.25) is 0 Å². The van der Waals surface area contributed by atoms with Gasteiger partial charge in [0.05, 0.1) is 19.8 Å². The second kappa shape index (κ2) is 22.4. The molecule has 0 spiro atoms. The highest BCUT2D eigenvalue weighted by atomic mass is 16.7. The van der Waals surface area contributed by atoms with Gasteiger partial charge in [-0.1, -0.05) is 85.5 Å². The lowest BCUT2D eigenvalue weighted by atomic mass is 10.2. The van der Waals surface area contributed by atoms with E-state index in [0.29, 0.717) is 12.6 Å². The smallest absolute Gasteiger partial charge is 0.321 e. The highest BCUT2D eigenvalue weighted by Gasteiger charge is 2.13. The summed E-state index contributed by atoms with van der Waals surface area (Å²) in [5.41, 5.74) is 0. The molecule has 0 saturated heterocycles. The molecule has 0 aliphatic heterocycles. The summed E-state index contributed by atoms with van der Waals surface area (Å²) in [7, 11) is 0. The van der Waals surface area contributed by atoms with Crippen LogP contribution >= 0.6 is 0 Å². The van der Waals surface area contributed by atoms with Gasteiger partial charge in [-0.15, -0.1) is 0 Å². The van der Waals surface area contributed by atoms with Crippen molar-refractivity contribution >= 4 is 0 Å². The first kappa shape index (κ1) is 27.1. The van der Waals surface area contributed by atoms with Crippen molar-refractivity contribution < 1.29 is 18.9 Å². The van der Waals surface area contributed by atoms with Crippen LogP contribution in [0, 0.1) is 0 Å². The van der Waals surface area contributed by atoms with Crippen LogP contribution in [-0.2, 0) is 18.9 Å². The minimum Gasteiger partial charge on any atom is -0.491 e. The Labute approximate surface area is 175 Å². The number of hydrogen-bond donors (Lipinski definition) is 0. The molecule has 0 N–H and O–H groups in total. The van der Waals surface area contributed by atoms with Gasteiger partial charge in [-0.3, -0.25) is 0 Å². The van der Waals surface area contributed by atoms with Gasteiger partial charge >= 0.3 is 5.95 Å². The summed E-state index contributed by atoms with van der Waals surface area (Å²) < 4.78 is 23.6. The summed E-state index contributed by atoms with van der Waals surface area (Å²) in [6, 6.07) is 0. The molecule has 0 aliphatic rings. The summed E-state index contributed by atoms with van der Waals surface area (Å²) in [4.78, 5) is 0. The topological polar surface area (TPSA) is 36.9 Å². The van der Waals surface area contributed by atoms with E-state index >= 15 is 0 Å². The molecule has 28 heavy (non-hydrogen) atoms. The van der Waals surface area contributed by atoms with Gasteiger partial charge in [0.1, 0.15) is 0 Å². The molecule has 0 rings (SSSR count). The number of ether oxygens (including phenoxy) is 4. The largest absolute Gasteiger partial charge is 0.491 e. The van der Waals surface area contributed by atoms with E-state index in [1.807, 2.05) is 0 Å². The second-order valence-electron chi connectivity index (χ2n) is 7.51. The Morgan fingerprint density at radius 1 is 0.500 bits per heavy atom. The normalized spacial score (nSPS) is 12.0. The van der Waals surface area contributed by atoms with E-state index < -0.39 is 0 Å². The third-order valence-electron chi connectivity index (χ3n) is 4.66. The van der Waals surface area contributed by atoms with Gasteiger partial charge in [-0.25, -0.2) is 0 Å². The lowest BCUT2D eigenvalue weighted by Crippen LogP contribution is -2.10. The van der Waals surface area contributed by atoms with Crippen molar-refractivity contribution in [3.05, 3.63) is 11.7 Å². The van der Waals surface area contributed by atoms with Crippen molar-refractivity contribution in [1.29, 1.82) is 0 Å². The SMILES string of the molecule is CCCCCCOC(CCCCC)=C(OCCCCCC)OCOCCCC. The summed E-state index contributed by atoms with van der Waals surface area (Å²) in [6.45, 7) is 11.2.